The van der Waals surface area contributed by atoms with Crippen LogP contribution in [0.5, 0.6) is 0 Å². The van der Waals surface area contributed by atoms with Gasteiger partial charge in [0.2, 0.25) is 0 Å². The van der Waals surface area contributed by atoms with Crippen LogP contribution in [0, 0.1) is 0 Å². The number of rotatable bonds is 2. The van der Waals surface area contributed by atoms with Crippen LogP contribution in [0.3, 0.4) is 0 Å². The van der Waals surface area contributed by atoms with E-state index in [2.05, 4.69) is 6.58 Å². The minimum absolute atomic E-state index is 0. The number of hydrogen-bond donors (Lipinski definition) is 0. The second-order valence-electron chi connectivity index (χ2n) is 2.76. The molecule has 1 aromatic rings. The van der Waals surface area contributed by atoms with Crippen molar-refractivity contribution in [2.75, 3.05) is 0 Å². The third-order valence-electron chi connectivity index (χ3n) is 1.64. The van der Waals surface area contributed by atoms with Crippen LogP contribution >= 0.6 is 0 Å². The maximum Gasteiger partial charge on any atom is 1.00 e. The SMILES string of the molecule is C=C(C)c1ccc(S(=O)(=O)[O-])cc1.[Na+]. The first-order valence-electron chi connectivity index (χ1n) is 3.63. The average Bonchev–Trinajstić information content (AvgIpc) is 2.03. The normalized spacial score (nSPS) is 10.4. The third kappa shape index (κ3) is 3.55. The van der Waals surface area contributed by atoms with Gasteiger partial charge in [-0.1, -0.05) is 24.3 Å². The van der Waals surface area contributed by atoms with E-state index in [9.17, 15) is 13.0 Å². The van der Waals surface area contributed by atoms with Gasteiger partial charge in [-0.05, 0) is 24.6 Å². The molecule has 14 heavy (non-hydrogen) atoms. The Balaban J connectivity index is 0.00000169. The molecule has 0 spiro atoms. The molecule has 0 amide bonds. The van der Waals surface area contributed by atoms with Crippen LogP contribution in [0.25, 0.3) is 5.57 Å². The van der Waals surface area contributed by atoms with Crippen LogP contribution in [-0.2, 0) is 10.1 Å². The number of allylic oxidation sites excluding steroid dienone is 1. The summed E-state index contributed by atoms with van der Waals surface area (Å²) in [4.78, 5) is -0.211. The summed E-state index contributed by atoms with van der Waals surface area (Å²) in [7, 11) is -4.32. The van der Waals surface area contributed by atoms with Gasteiger partial charge >= 0.3 is 29.6 Å². The van der Waals surface area contributed by atoms with Crippen LogP contribution in [0.2, 0.25) is 0 Å². The topological polar surface area (TPSA) is 57.2 Å². The van der Waals surface area contributed by atoms with Gasteiger partial charge in [-0.2, -0.15) is 0 Å². The Morgan fingerprint density at radius 1 is 1.29 bits per heavy atom. The van der Waals surface area contributed by atoms with Crippen LogP contribution in [0.15, 0.2) is 35.7 Å². The molecule has 0 unspecified atom stereocenters. The first-order valence-corrected chi connectivity index (χ1v) is 5.04. The molecule has 0 aliphatic rings. The van der Waals surface area contributed by atoms with Gasteiger partial charge in [-0.15, -0.1) is 0 Å². The fourth-order valence-electron chi connectivity index (χ4n) is 0.906. The van der Waals surface area contributed by atoms with E-state index in [1.807, 2.05) is 0 Å². The molecule has 0 atom stereocenters. The molecule has 0 aliphatic carbocycles. The van der Waals surface area contributed by atoms with Crippen molar-refractivity contribution in [3.05, 3.63) is 36.4 Å². The zero-order chi connectivity index (χ0) is 10.1. The Morgan fingerprint density at radius 2 is 1.71 bits per heavy atom. The first-order chi connectivity index (χ1) is 5.91. The van der Waals surface area contributed by atoms with E-state index in [0.717, 1.165) is 11.1 Å². The van der Waals surface area contributed by atoms with Gasteiger partial charge < -0.3 is 4.55 Å². The van der Waals surface area contributed by atoms with E-state index in [-0.39, 0.29) is 34.5 Å². The summed E-state index contributed by atoms with van der Waals surface area (Å²) in [6.45, 7) is 5.50. The fraction of sp³-hybridized carbons (Fsp3) is 0.111. The average molecular weight is 220 g/mol. The molecule has 0 aromatic heterocycles. The molecule has 0 bridgehead atoms. The minimum Gasteiger partial charge on any atom is -0.744 e. The molecule has 0 N–H and O–H groups in total. The van der Waals surface area contributed by atoms with Gasteiger partial charge in [-0.25, -0.2) is 8.42 Å². The van der Waals surface area contributed by atoms with Gasteiger partial charge in [0, 0.05) is 0 Å². The second-order valence-corrected chi connectivity index (χ2v) is 4.14. The largest absolute Gasteiger partial charge is 1.00 e. The number of benzene rings is 1. The van der Waals surface area contributed by atoms with E-state index in [0.29, 0.717) is 0 Å². The van der Waals surface area contributed by atoms with Crippen molar-refractivity contribution in [1.82, 2.24) is 0 Å². The zero-order valence-electron chi connectivity index (χ0n) is 8.15. The molecule has 1 aromatic carbocycles. The van der Waals surface area contributed by atoms with Crippen molar-refractivity contribution in [2.45, 2.75) is 11.8 Å². The van der Waals surface area contributed by atoms with Crippen LogP contribution in [0.4, 0.5) is 0 Å². The van der Waals surface area contributed by atoms with Gasteiger partial charge in [-0.3, -0.25) is 0 Å². The zero-order valence-corrected chi connectivity index (χ0v) is 11.0. The van der Waals surface area contributed by atoms with E-state index in [1.165, 1.54) is 12.1 Å². The van der Waals surface area contributed by atoms with Gasteiger partial charge in [0.25, 0.3) is 0 Å². The maximum absolute atomic E-state index is 10.5. The predicted octanol–water partition coefficient (Wildman–Crippen LogP) is -1.37. The summed E-state index contributed by atoms with van der Waals surface area (Å²) in [6.07, 6.45) is 0. The summed E-state index contributed by atoms with van der Waals surface area (Å²) in [6, 6.07) is 5.69. The number of hydrogen-bond acceptors (Lipinski definition) is 3. The molecular formula is C9H9NaO3S. The molecule has 5 heteroatoms. The quantitative estimate of drug-likeness (QED) is 0.456. The van der Waals surface area contributed by atoms with Crippen molar-refractivity contribution < 1.29 is 42.5 Å². The van der Waals surface area contributed by atoms with E-state index in [4.69, 9.17) is 0 Å². The van der Waals surface area contributed by atoms with Crippen LogP contribution in [-0.4, -0.2) is 13.0 Å². The van der Waals surface area contributed by atoms with Crippen molar-refractivity contribution >= 4 is 15.7 Å². The molecule has 0 saturated heterocycles. The Kier molecular flexibility index (Phi) is 5.05. The van der Waals surface area contributed by atoms with E-state index < -0.39 is 10.1 Å². The van der Waals surface area contributed by atoms with Crippen LogP contribution < -0.4 is 29.6 Å². The Hall–Kier alpha value is -0.130. The summed E-state index contributed by atoms with van der Waals surface area (Å²) < 4.78 is 31.6. The van der Waals surface area contributed by atoms with E-state index >= 15 is 0 Å². The minimum atomic E-state index is -4.32. The molecule has 0 heterocycles. The van der Waals surface area contributed by atoms with Crippen molar-refractivity contribution in [2.24, 2.45) is 0 Å². The Bertz CT molecular complexity index is 420. The molecule has 3 nitrogen and oxygen atoms in total. The second kappa shape index (κ2) is 5.09. The van der Waals surface area contributed by atoms with Crippen molar-refractivity contribution in [1.29, 1.82) is 0 Å². The standard InChI is InChI=1S/C9H10O3S.Na/c1-7(2)8-3-5-9(6-4-8)13(10,11)12;/h3-6H,1H2,2H3,(H,10,11,12);/q;+1/p-1. The molecule has 0 saturated carbocycles. The molecule has 1 rings (SSSR count). The van der Waals surface area contributed by atoms with E-state index in [1.54, 1.807) is 19.1 Å². The maximum atomic E-state index is 10.5. The Morgan fingerprint density at radius 3 is 2.00 bits per heavy atom. The summed E-state index contributed by atoms with van der Waals surface area (Å²) >= 11 is 0. The third-order valence-corrected chi connectivity index (χ3v) is 2.49. The van der Waals surface area contributed by atoms with Gasteiger partial charge in [0.1, 0.15) is 10.1 Å². The Labute approximate surface area is 106 Å². The fourth-order valence-corrected chi connectivity index (χ4v) is 1.38. The van der Waals surface area contributed by atoms with Gasteiger partial charge in [0.15, 0.2) is 0 Å². The summed E-state index contributed by atoms with van der Waals surface area (Å²) in [5, 5.41) is 0. The molecular weight excluding hydrogens is 211 g/mol. The van der Waals surface area contributed by atoms with Crippen LogP contribution in [0.1, 0.15) is 12.5 Å². The van der Waals surface area contributed by atoms with Crippen molar-refractivity contribution in [3.8, 4) is 0 Å². The summed E-state index contributed by atoms with van der Waals surface area (Å²) in [5.41, 5.74) is 1.65. The van der Waals surface area contributed by atoms with Crippen molar-refractivity contribution in [3.63, 3.8) is 0 Å². The smallest absolute Gasteiger partial charge is 0.744 e. The predicted molar refractivity (Wildman–Crippen MR) is 49.1 cm³/mol. The summed E-state index contributed by atoms with van der Waals surface area (Å²) in [5.74, 6) is 0. The monoisotopic (exact) mass is 220 g/mol. The molecule has 0 radical (unpaired) electrons. The molecule has 70 valence electrons. The molecule has 0 fully saturated rings. The first kappa shape index (κ1) is 13.9. The van der Waals surface area contributed by atoms with Gasteiger partial charge in [0.05, 0.1) is 4.90 Å². The molecule has 0 aliphatic heterocycles.